The van der Waals surface area contributed by atoms with Gasteiger partial charge in [-0.3, -0.25) is 0 Å². The van der Waals surface area contributed by atoms with Gasteiger partial charge in [0.25, 0.3) is 0 Å². The van der Waals surface area contributed by atoms with Gasteiger partial charge in [-0.15, -0.1) is 0 Å². The van der Waals surface area contributed by atoms with Crippen LogP contribution < -0.4 is 0 Å². The SMILES string of the molecule is C[C@@H](O)CN1CCC(CN(C)CC2CCCC2)CC1. The van der Waals surface area contributed by atoms with Gasteiger partial charge in [0, 0.05) is 19.6 Å². The first kappa shape index (κ1) is 15.3. The Kier molecular flexibility index (Phi) is 6.11. The molecule has 0 spiro atoms. The molecule has 2 fully saturated rings. The standard InChI is InChI=1S/C16H32N2O/c1-14(19)11-18-9-7-16(8-10-18)13-17(2)12-15-5-3-4-6-15/h14-16,19H,3-13H2,1-2H3/t14-/m1/s1. The van der Waals surface area contributed by atoms with E-state index in [1.165, 1.54) is 64.7 Å². The quantitative estimate of drug-likeness (QED) is 0.800. The maximum absolute atomic E-state index is 9.43. The van der Waals surface area contributed by atoms with Gasteiger partial charge in [-0.1, -0.05) is 12.8 Å². The highest BCUT2D eigenvalue weighted by Gasteiger charge is 2.22. The van der Waals surface area contributed by atoms with Gasteiger partial charge in [-0.25, -0.2) is 0 Å². The minimum absolute atomic E-state index is 0.179. The molecule has 1 atom stereocenters. The number of likely N-dealkylation sites (tertiary alicyclic amines) is 1. The Morgan fingerprint density at radius 1 is 1.05 bits per heavy atom. The van der Waals surface area contributed by atoms with E-state index < -0.39 is 0 Å². The lowest BCUT2D eigenvalue weighted by Gasteiger charge is -2.34. The van der Waals surface area contributed by atoms with Crippen molar-refractivity contribution < 1.29 is 5.11 Å². The molecule has 2 aliphatic rings. The van der Waals surface area contributed by atoms with E-state index in [0.29, 0.717) is 0 Å². The Morgan fingerprint density at radius 2 is 1.58 bits per heavy atom. The fraction of sp³-hybridized carbons (Fsp3) is 1.00. The van der Waals surface area contributed by atoms with E-state index in [4.69, 9.17) is 0 Å². The molecule has 1 aliphatic carbocycles. The smallest absolute Gasteiger partial charge is 0.0639 e. The van der Waals surface area contributed by atoms with Gasteiger partial charge in [0.05, 0.1) is 6.10 Å². The zero-order valence-corrected chi connectivity index (χ0v) is 12.9. The average Bonchev–Trinajstić information content (AvgIpc) is 2.83. The summed E-state index contributed by atoms with van der Waals surface area (Å²) in [6.07, 6.45) is 8.26. The van der Waals surface area contributed by atoms with E-state index in [1.807, 2.05) is 6.92 Å². The van der Waals surface area contributed by atoms with Crippen LogP contribution in [0.4, 0.5) is 0 Å². The first-order valence-corrected chi connectivity index (χ1v) is 8.22. The molecule has 0 aromatic heterocycles. The van der Waals surface area contributed by atoms with Gasteiger partial charge in [0.2, 0.25) is 0 Å². The Bertz CT molecular complexity index is 243. The van der Waals surface area contributed by atoms with Gasteiger partial charge in [0.1, 0.15) is 0 Å². The van der Waals surface area contributed by atoms with Crippen LogP contribution in [-0.2, 0) is 0 Å². The molecule has 1 saturated carbocycles. The Hall–Kier alpha value is -0.120. The monoisotopic (exact) mass is 268 g/mol. The van der Waals surface area contributed by atoms with Crippen LogP contribution in [0.15, 0.2) is 0 Å². The molecule has 0 radical (unpaired) electrons. The molecular formula is C16H32N2O. The number of piperidine rings is 1. The maximum atomic E-state index is 9.43. The summed E-state index contributed by atoms with van der Waals surface area (Å²) < 4.78 is 0. The van der Waals surface area contributed by atoms with Crippen LogP contribution in [-0.4, -0.2) is 60.8 Å². The van der Waals surface area contributed by atoms with Crippen molar-refractivity contribution in [1.82, 2.24) is 9.80 Å². The lowest BCUT2D eigenvalue weighted by atomic mass is 9.95. The molecule has 0 unspecified atom stereocenters. The zero-order chi connectivity index (χ0) is 13.7. The first-order chi connectivity index (χ1) is 9.13. The average molecular weight is 268 g/mol. The summed E-state index contributed by atoms with van der Waals surface area (Å²) in [6, 6.07) is 0. The summed E-state index contributed by atoms with van der Waals surface area (Å²) >= 11 is 0. The molecule has 2 rings (SSSR count). The highest BCUT2D eigenvalue weighted by molar-refractivity contribution is 4.77. The van der Waals surface area contributed by atoms with Crippen molar-refractivity contribution in [3.63, 3.8) is 0 Å². The highest BCUT2D eigenvalue weighted by Crippen LogP contribution is 2.26. The summed E-state index contributed by atoms with van der Waals surface area (Å²) in [4.78, 5) is 4.99. The van der Waals surface area contributed by atoms with Gasteiger partial charge in [-0.05, 0) is 64.6 Å². The summed E-state index contributed by atoms with van der Waals surface area (Å²) in [5.74, 6) is 1.84. The Morgan fingerprint density at radius 3 is 2.11 bits per heavy atom. The predicted molar refractivity (Wildman–Crippen MR) is 80.3 cm³/mol. The molecule has 112 valence electrons. The van der Waals surface area contributed by atoms with Gasteiger partial charge in [0.15, 0.2) is 0 Å². The van der Waals surface area contributed by atoms with E-state index in [-0.39, 0.29) is 6.10 Å². The topological polar surface area (TPSA) is 26.7 Å². The van der Waals surface area contributed by atoms with E-state index in [9.17, 15) is 5.11 Å². The van der Waals surface area contributed by atoms with Crippen LogP contribution in [0.2, 0.25) is 0 Å². The van der Waals surface area contributed by atoms with Crippen molar-refractivity contribution in [1.29, 1.82) is 0 Å². The normalized spacial score (nSPS) is 25.3. The van der Waals surface area contributed by atoms with Gasteiger partial charge >= 0.3 is 0 Å². The Balaban J connectivity index is 1.61. The van der Waals surface area contributed by atoms with Crippen LogP contribution in [0, 0.1) is 11.8 Å². The number of hydrogen-bond donors (Lipinski definition) is 1. The van der Waals surface area contributed by atoms with E-state index in [2.05, 4.69) is 16.8 Å². The van der Waals surface area contributed by atoms with Crippen LogP contribution in [0.5, 0.6) is 0 Å². The molecule has 0 bridgehead atoms. The summed E-state index contributed by atoms with van der Waals surface area (Å²) in [6.45, 7) is 7.68. The molecule has 19 heavy (non-hydrogen) atoms. The molecule has 0 aromatic rings. The number of rotatable bonds is 6. The largest absolute Gasteiger partial charge is 0.392 e. The van der Waals surface area contributed by atoms with Crippen LogP contribution >= 0.6 is 0 Å². The third-order valence-corrected chi connectivity index (χ3v) is 4.84. The van der Waals surface area contributed by atoms with E-state index in [0.717, 1.165) is 18.4 Å². The van der Waals surface area contributed by atoms with E-state index >= 15 is 0 Å². The molecule has 1 N–H and O–H groups in total. The number of nitrogens with zero attached hydrogens (tertiary/aromatic N) is 2. The third kappa shape index (κ3) is 5.41. The van der Waals surface area contributed by atoms with E-state index in [1.54, 1.807) is 0 Å². The van der Waals surface area contributed by atoms with Gasteiger partial charge in [-0.2, -0.15) is 0 Å². The van der Waals surface area contributed by atoms with Crippen molar-refractivity contribution in [2.24, 2.45) is 11.8 Å². The second-order valence-corrected chi connectivity index (χ2v) is 6.96. The maximum Gasteiger partial charge on any atom is 0.0639 e. The molecule has 3 nitrogen and oxygen atoms in total. The number of aliphatic hydroxyl groups excluding tert-OH is 1. The molecule has 0 amide bonds. The molecule has 1 saturated heterocycles. The van der Waals surface area contributed by atoms with Crippen molar-refractivity contribution in [3.05, 3.63) is 0 Å². The van der Waals surface area contributed by atoms with Gasteiger partial charge < -0.3 is 14.9 Å². The van der Waals surface area contributed by atoms with Crippen molar-refractivity contribution in [2.75, 3.05) is 39.8 Å². The molecule has 3 heteroatoms. The minimum atomic E-state index is -0.179. The number of aliphatic hydroxyl groups is 1. The van der Waals surface area contributed by atoms with Crippen molar-refractivity contribution in [3.8, 4) is 0 Å². The molecule has 1 aliphatic heterocycles. The first-order valence-electron chi connectivity index (χ1n) is 8.22. The molecular weight excluding hydrogens is 236 g/mol. The fourth-order valence-corrected chi connectivity index (χ4v) is 3.87. The minimum Gasteiger partial charge on any atom is -0.392 e. The van der Waals surface area contributed by atoms with Crippen molar-refractivity contribution >= 4 is 0 Å². The van der Waals surface area contributed by atoms with Crippen LogP contribution in [0.3, 0.4) is 0 Å². The Labute approximate surface area is 119 Å². The molecule has 0 aromatic carbocycles. The lowest BCUT2D eigenvalue weighted by Crippen LogP contribution is -2.41. The second-order valence-electron chi connectivity index (χ2n) is 6.96. The molecule has 1 heterocycles. The summed E-state index contributed by atoms with van der Waals surface area (Å²) in [5.41, 5.74) is 0. The fourth-order valence-electron chi connectivity index (χ4n) is 3.87. The highest BCUT2D eigenvalue weighted by atomic mass is 16.3. The summed E-state index contributed by atoms with van der Waals surface area (Å²) in [7, 11) is 2.31. The zero-order valence-electron chi connectivity index (χ0n) is 12.9. The predicted octanol–water partition coefficient (Wildman–Crippen LogP) is 2.20. The van der Waals surface area contributed by atoms with Crippen molar-refractivity contribution in [2.45, 2.75) is 51.6 Å². The number of β-amino-alcohol motifs (C(OH)–C–C–N with tert-alkyl or cyclic N) is 1. The number of hydrogen-bond acceptors (Lipinski definition) is 3. The second kappa shape index (κ2) is 7.61. The third-order valence-electron chi connectivity index (χ3n) is 4.84. The lowest BCUT2D eigenvalue weighted by molar-refractivity contribution is 0.0910. The summed E-state index contributed by atoms with van der Waals surface area (Å²) in [5, 5.41) is 9.43. The van der Waals surface area contributed by atoms with Crippen LogP contribution in [0.1, 0.15) is 45.4 Å². The van der Waals surface area contributed by atoms with Crippen LogP contribution in [0.25, 0.3) is 0 Å².